The van der Waals surface area contributed by atoms with Crippen LogP contribution in [-0.2, 0) is 0 Å². The van der Waals surface area contributed by atoms with Crippen LogP contribution in [0, 0.1) is 0 Å². The lowest BCUT2D eigenvalue weighted by Gasteiger charge is -1.94. The molecular weight excluding hydrogens is 214 g/mol. The number of hydrogen-bond acceptors (Lipinski definition) is 0. The van der Waals surface area contributed by atoms with Crippen molar-refractivity contribution >= 4 is 21.8 Å². The highest BCUT2D eigenvalue weighted by Gasteiger charge is 1.97. The van der Waals surface area contributed by atoms with Crippen molar-refractivity contribution in [2.24, 2.45) is 0 Å². The van der Waals surface area contributed by atoms with Gasteiger partial charge in [0.2, 0.25) is 0 Å². The largest absolute Gasteiger partial charge is 0.212 e. The number of hydrogen-bond donors (Lipinski definition) is 0. The van der Waals surface area contributed by atoms with Crippen LogP contribution in [0.15, 0.2) is 35.1 Å². The highest BCUT2D eigenvalue weighted by molar-refractivity contribution is 9.10. The van der Waals surface area contributed by atoms with Crippen LogP contribution < -0.4 is 0 Å². The van der Waals surface area contributed by atoms with E-state index < -0.39 is 5.83 Å². The van der Waals surface area contributed by atoms with Gasteiger partial charge in [-0.15, -0.1) is 0 Å². The van der Waals surface area contributed by atoms with E-state index >= 15 is 0 Å². The van der Waals surface area contributed by atoms with Crippen LogP contribution in [-0.4, -0.2) is 0 Å². The first kappa shape index (κ1) is 8.40. The average Bonchev–Trinajstić information content (AvgIpc) is 2.05. The van der Waals surface area contributed by atoms with E-state index in [4.69, 9.17) is 0 Å². The van der Waals surface area contributed by atoms with Crippen LogP contribution in [0.1, 0.15) is 5.56 Å². The van der Waals surface area contributed by atoms with Crippen molar-refractivity contribution in [3.8, 4) is 0 Å². The van der Waals surface area contributed by atoms with Gasteiger partial charge in [-0.1, -0.05) is 28.1 Å². The normalized spacial score (nSPS) is 11.7. The van der Waals surface area contributed by atoms with E-state index in [0.29, 0.717) is 0 Å². The summed E-state index contributed by atoms with van der Waals surface area (Å²) in [5.41, 5.74) is 0.246. The Hall–Kier alpha value is -0.700. The van der Waals surface area contributed by atoms with E-state index in [9.17, 15) is 8.78 Å². The molecule has 0 amide bonds. The molecule has 0 spiro atoms. The third kappa shape index (κ3) is 2.12. The first-order valence-corrected chi connectivity index (χ1v) is 3.75. The Morgan fingerprint density at radius 2 is 1.82 bits per heavy atom. The summed E-state index contributed by atoms with van der Waals surface area (Å²) in [6.07, 6.45) is -0.0523. The van der Waals surface area contributed by atoms with Crippen molar-refractivity contribution < 1.29 is 8.78 Å². The van der Waals surface area contributed by atoms with Gasteiger partial charge in [0, 0.05) is 10.0 Å². The lowest BCUT2D eigenvalue weighted by Crippen LogP contribution is -1.75. The van der Waals surface area contributed by atoms with Gasteiger partial charge >= 0.3 is 0 Å². The van der Waals surface area contributed by atoms with E-state index in [1.165, 1.54) is 12.1 Å². The quantitative estimate of drug-likeness (QED) is 0.675. The van der Waals surface area contributed by atoms with Crippen molar-refractivity contribution in [2.75, 3.05) is 0 Å². The fourth-order valence-electron chi connectivity index (χ4n) is 0.672. The first-order valence-electron chi connectivity index (χ1n) is 2.96. The molecule has 0 aliphatic carbocycles. The molecule has 0 saturated heterocycles. The smallest absolute Gasteiger partial charge is 0.158 e. The molecule has 0 heterocycles. The summed E-state index contributed by atoms with van der Waals surface area (Å²) in [6, 6.07) is 6.29. The molecule has 0 aliphatic heterocycles. The molecule has 58 valence electrons. The molecule has 0 atom stereocenters. The van der Waals surface area contributed by atoms with Crippen LogP contribution in [0.2, 0.25) is 0 Å². The predicted molar refractivity (Wildman–Crippen MR) is 44.3 cm³/mol. The van der Waals surface area contributed by atoms with Crippen LogP contribution >= 0.6 is 15.9 Å². The summed E-state index contributed by atoms with van der Waals surface area (Å²) in [5.74, 6) is -0.850. The minimum absolute atomic E-state index is 0.0523. The van der Waals surface area contributed by atoms with E-state index in [1.807, 2.05) is 0 Å². The van der Waals surface area contributed by atoms with Crippen molar-refractivity contribution in [1.29, 1.82) is 0 Å². The molecule has 3 heteroatoms. The molecule has 0 radical (unpaired) electrons. The van der Waals surface area contributed by atoms with Crippen LogP contribution in [0.3, 0.4) is 0 Å². The highest BCUT2D eigenvalue weighted by Crippen LogP contribution is 2.18. The molecule has 0 nitrogen and oxygen atoms in total. The van der Waals surface area contributed by atoms with Gasteiger partial charge in [0.05, 0.1) is 0 Å². The fourth-order valence-corrected chi connectivity index (χ4v) is 0.936. The molecule has 11 heavy (non-hydrogen) atoms. The summed E-state index contributed by atoms with van der Waals surface area (Å²) in [4.78, 5) is 0. The standard InChI is InChI=1S/C8H5BrF2/c9-7-3-1-6(2-4-7)8(11)5-10/h1-5H/b8-5+. The van der Waals surface area contributed by atoms with E-state index in [2.05, 4.69) is 15.9 Å². The maximum atomic E-state index is 12.5. The number of rotatable bonds is 1. The second kappa shape index (κ2) is 3.62. The van der Waals surface area contributed by atoms with Gasteiger partial charge < -0.3 is 0 Å². The zero-order valence-corrected chi connectivity index (χ0v) is 7.11. The second-order valence-corrected chi connectivity index (χ2v) is 2.88. The Kier molecular flexibility index (Phi) is 2.76. The van der Waals surface area contributed by atoms with Gasteiger partial charge in [-0.3, -0.25) is 0 Å². The zero-order chi connectivity index (χ0) is 8.27. The molecule has 0 fully saturated rings. The van der Waals surface area contributed by atoms with E-state index in [0.717, 1.165) is 4.47 Å². The van der Waals surface area contributed by atoms with Crippen molar-refractivity contribution in [3.63, 3.8) is 0 Å². The molecule has 0 aliphatic rings. The minimum Gasteiger partial charge on any atom is -0.212 e. The Morgan fingerprint density at radius 3 is 2.27 bits per heavy atom. The summed E-state index contributed by atoms with van der Waals surface area (Å²) in [7, 11) is 0. The van der Waals surface area contributed by atoms with Gasteiger partial charge in [0.25, 0.3) is 0 Å². The molecule has 1 aromatic rings. The fraction of sp³-hybridized carbons (Fsp3) is 0. The average molecular weight is 219 g/mol. The zero-order valence-electron chi connectivity index (χ0n) is 5.52. The molecule has 1 aromatic carbocycles. The molecule has 0 N–H and O–H groups in total. The molecule has 0 unspecified atom stereocenters. The number of benzene rings is 1. The number of halogens is 3. The Balaban J connectivity index is 2.99. The Labute approximate surface area is 71.7 Å². The Bertz CT molecular complexity index is 264. The summed E-state index contributed by atoms with van der Waals surface area (Å²) in [5, 5.41) is 0. The van der Waals surface area contributed by atoms with Gasteiger partial charge in [0.1, 0.15) is 6.33 Å². The minimum atomic E-state index is -0.850. The lowest BCUT2D eigenvalue weighted by molar-refractivity contribution is 0.671. The third-order valence-corrected chi connectivity index (χ3v) is 1.74. The van der Waals surface area contributed by atoms with Gasteiger partial charge in [-0.05, 0) is 12.1 Å². The highest BCUT2D eigenvalue weighted by atomic mass is 79.9. The van der Waals surface area contributed by atoms with Crippen LogP contribution in [0.5, 0.6) is 0 Å². The maximum absolute atomic E-state index is 12.5. The van der Waals surface area contributed by atoms with Gasteiger partial charge in [-0.25, -0.2) is 8.78 Å². The summed E-state index contributed by atoms with van der Waals surface area (Å²) >= 11 is 3.18. The third-order valence-electron chi connectivity index (χ3n) is 1.22. The summed E-state index contributed by atoms with van der Waals surface area (Å²) in [6.45, 7) is 0. The topological polar surface area (TPSA) is 0 Å². The lowest BCUT2D eigenvalue weighted by atomic mass is 10.2. The first-order chi connectivity index (χ1) is 5.24. The predicted octanol–water partition coefficient (Wildman–Crippen LogP) is 3.69. The maximum Gasteiger partial charge on any atom is 0.158 e. The molecule has 0 bridgehead atoms. The molecule has 0 aromatic heterocycles. The molecular formula is C8H5BrF2. The van der Waals surface area contributed by atoms with Gasteiger partial charge in [-0.2, -0.15) is 0 Å². The van der Waals surface area contributed by atoms with Crippen molar-refractivity contribution in [2.45, 2.75) is 0 Å². The Morgan fingerprint density at radius 1 is 1.27 bits per heavy atom. The second-order valence-electron chi connectivity index (χ2n) is 1.96. The van der Waals surface area contributed by atoms with E-state index in [-0.39, 0.29) is 11.9 Å². The van der Waals surface area contributed by atoms with Crippen molar-refractivity contribution in [1.82, 2.24) is 0 Å². The van der Waals surface area contributed by atoms with Crippen LogP contribution in [0.25, 0.3) is 5.83 Å². The molecule has 0 saturated carbocycles. The molecule has 1 rings (SSSR count). The van der Waals surface area contributed by atoms with Gasteiger partial charge in [0.15, 0.2) is 5.83 Å². The SMILES string of the molecule is F/C=C(/F)c1ccc(Br)cc1. The van der Waals surface area contributed by atoms with E-state index in [1.54, 1.807) is 12.1 Å². The summed E-state index contributed by atoms with van der Waals surface area (Å²) < 4.78 is 24.9. The van der Waals surface area contributed by atoms with Crippen LogP contribution in [0.4, 0.5) is 8.78 Å². The van der Waals surface area contributed by atoms with Crippen molar-refractivity contribution in [3.05, 3.63) is 40.6 Å². The monoisotopic (exact) mass is 218 g/mol.